The van der Waals surface area contributed by atoms with Crippen molar-refractivity contribution in [2.45, 2.75) is 0 Å². The molecule has 0 saturated carbocycles. The first-order valence-corrected chi connectivity index (χ1v) is 7.39. The van der Waals surface area contributed by atoms with Gasteiger partial charge in [-0.3, -0.25) is 0 Å². The molecule has 0 atom stereocenters. The quantitative estimate of drug-likeness (QED) is 0.639. The van der Waals surface area contributed by atoms with Crippen molar-refractivity contribution in [3.8, 4) is 36.0 Å². The predicted octanol–water partition coefficient (Wildman–Crippen LogP) is 4.16. The second-order valence-electron chi connectivity index (χ2n) is 5.12. The first-order chi connectivity index (χ1) is 11.3. The molecule has 0 bridgehead atoms. The molecular formula is C23H14. The Hall–Kier alpha value is -3.40. The Balaban J connectivity index is 1.91. The number of allylic oxidation sites excluding steroid dienone is 4. The zero-order valence-electron chi connectivity index (χ0n) is 12.6. The Morgan fingerprint density at radius 3 is 2.00 bits per heavy atom. The molecule has 3 rings (SSSR count). The van der Waals surface area contributed by atoms with Crippen LogP contribution in [0.15, 0.2) is 72.8 Å². The van der Waals surface area contributed by atoms with E-state index in [2.05, 4.69) is 41.8 Å². The number of hydrogen-bond donors (Lipinski definition) is 0. The van der Waals surface area contributed by atoms with Gasteiger partial charge < -0.3 is 0 Å². The summed E-state index contributed by atoms with van der Waals surface area (Å²) in [4.78, 5) is 0. The van der Waals surface area contributed by atoms with E-state index in [1.807, 2.05) is 60.7 Å². The largest absolute Gasteiger partial charge is 0.115 e. The minimum Gasteiger partial charge on any atom is -0.115 e. The monoisotopic (exact) mass is 290 g/mol. The van der Waals surface area contributed by atoms with Crippen LogP contribution in [0.2, 0.25) is 0 Å². The summed E-state index contributed by atoms with van der Waals surface area (Å²) >= 11 is 0. The van der Waals surface area contributed by atoms with E-state index in [4.69, 9.17) is 6.42 Å². The zero-order valence-corrected chi connectivity index (χ0v) is 12.6. The molecule has 1 aliphatic carbocycles. The van der Waals surface area contributed by atoms with E-state index < -0.39 is 0 Å². The topological polar surface area (TPSA) is 0 Å². The van der Waals surface area contributed by atoms with Crippen LogP contribution in [0.3, 0.4) is 0 Å². The van der Waals surface area contributed by atoms with Crippen LogP contribution in [0.5, 0.6) is 0 Å². The van der Waals surface area contributed by atoms with Gasteiger partial charge in [0.1, 0.15) is 0 Å². The molecule has 0 fully saturated rings. The summed E-state index contributed by atoms with van der Waals surface area (Å²) in [6, 6.07) is 15.7. The van der Waals surface area contributed by atoms with Crippen LogP contribution in [-0.4, -0.2) is 0 Å². The van der Waals surface area contributed by atoms with Crippen molar-refractivity contribution in [3.63, 3.8) is 0 Å². The maximum Gasteiger partial charge on any atom is 0.0573 e. The fraction of sp³-hybridized carbons (Fsp3) is 0.0435. The van der Waals surface area contributed by atoms with Gasteiger partial charge in [-0.25, -0.2) is 0 Å². The smallest absolute Gasteiger partial charge is 0.0573 e. The molecule has 0 unspecified atom stereocenters. The minimum absolute atomic E-state index is 0.184. The average Bonchev–Trinajstić information content (AvgIpc) is 3.12. The molecule has 0 spiro atoms. The molecule has 106 valence electrons. The lowest BCUT2D eigenvalue weighted by molar-refractivity contribution is 1.15. The second kappa shape index (κ2) is 7.04. The summed E-state index contributed by atoms with van der Waals surface area (Å²) in [6.45, 7) is 0. The molecule has 0 amide bonds. The van der Waals surface area contributed by atoms with E-state index in [0.29, 0.717) is 0 Å². The van der Waals surface area contributed by atoms with Gasteiger partial charge in [-0.2, -0.15) is 0 Å². The first kappa shape index (κ1) is 14.5. The van der Waals surface area contributed by atoms with Gasteiger partial charge in [0.15, 0.2) is 0 Å². The lowest BCUT2D eigenvalue weighted by atomic mass is 10.0. The highest BCUT2D eigenvalue weighted by Gasteiger charge is 1.99. The number of rotatable bonds is 0. The fourth-order valence-electron chi connectivity index (χ4n) is 2.22. The minimum atomic E-state index is 0.184. The standard InChI is InChI=1S/C23H14/c1-2-19-16-22(14-12-20-8-4-3-5-9-20)18-23(17-19)15-13-21-10-6-7-11-21/h1,3-11,16-18,21H. The third kappa shape index (κ3) is 4.04. The first-order valence-electron chi connectivity index (χ1n) is 7.39. The van der Waals surface area contributed by atoms with Gasteiger partial charge in [0.2, 0.25) is 0 Å². The molecular weight excluding hydrogens is 276 g/mol. The van der Waals surface area contributed by atoms with Crippen molar-refractivity contribution in [2.75, 3.05) is 0 Å². The summed E-state index contributed by atoms with van der Waals surface area (Å²) in [5, 5.41) is 0. The highest BCUT2D eigenvalue weighted by molar-refractivity contribution is 5.52. The lowest BCUT2D eigenvalue weighted by Crippen LogP contribution is -1.86. The Morgan fingerprint density at radius 1 is 0.696 bits per heavy atom. The summed E-state index contributed by atoms with van der Waals surface area (Å²) in [6.07, 6.45) is 13.7. The van der Waals surface area contributed by atoms with Crippen molar-refractivity contribution in [1.82, 2.24) is 0 Å². The van der Waals surface area contributed by atoms with Crippen molar-refractivity contribution in [3.05, 3.63) is 95.1 Å². The fourth-order valence-corrected chi connectivity index (χ4v) is 2.22. The molecule has 0 saturated heterocycles. The van der Waals surface area contributed by atoms with E-state index in [1.165, 1.54) is 0 Å². The maximum atomic E-state index is 5.54. The van der Waals surface area contributed by atoms with Crippen molar-refractivity contribution >= 4 is 0 Å². The van der Waals surface area contributed by atoms with Crippen molar-refractivity contribution < 1.29 is 0 Å². The van der Waals surface area contributed by atoms with Gasteiger partial charge in [0.25, 0.3) is 0 Å². The van der Waals surface area contributed by atoms with Crippen LogP contribution < -0.4 is 0 Å². The van der Waals surface area contributed by atoms with Crippen LogP contribution >= 0.6 is 0 Å². The van der Waals surface area contributed by atoms with Gasteiger partial charge >= 0.3 is 0 Å². The van der Waals surface area contributed by atoms with Crippen molar-refractivity contribution in [1.29, 1.82) is 0 Å². The molecule has 23 heavy (non-hydrogen) atoms. The van der Waals surface area contributed by atoms with Crippen LogP contribution in [0.25, 0.3) is 0 Å². The number of terminal acetylenes is 1. The average molecular weight is 290 g/mol. The SMILES string of the molecule is C#Cc1cc(C#Cc2ccccc2)cc(C#CC2C=CC=C2)c1. The molecule has 0 radical (unpaired) electrons. The molecule has 0 aliphatic heterocycles. The third-order valence-corrected chi connectivity index (χ3v) is 3.36. The molecule has 0 heterocycles. The lowest BCUT2D eigenvalue weighted by Gasteiger charge is -1.98. The Bertz CT molecular complexity index is 915. The number of hydrogen-bond acceptors (Lipinski definition) is 0. The summed E-state index contributed by atoms with van der Waals surface area (Å²) in [7, 11) is 0. The van der Waals surface area contributed by atoms with Gasteiger partial charge in [-0.15, -0.1) is 6.42 Å². The van der Waals surface area contributed by atoms with Crippen LogP contribution in [0, 0.1) is 41.9 Å². The van der Waals surface area contributed by atoms with Crippen molar-refractivity contribution in [2.24, 2.45) is 5.92 Å². The summed E-state index contributed by atoms with van der Waals surface area (Å²) in [5.41, 5.74) is 3.55. The van der Waals surface area contributed by atoms with Crippen LogP contribution in [0.4, 0.5) is 0 Å². The predicted molar refractivity (Wildman–Crippen MR) is 95.4 cm³/mol. The number of benzene rings is 2. The van der Waals surface area contributed by atoms with Gasteiger partial charge in [0, 0.05) is 22.3 Å². The second-order valence-corrected chi connectivity index (χ2v) is 5.12. The molecule has 2 aromatic carbocycles. The third-order valence-electron chi connectivity index (χ3n) is 3.36. The molecule has 0 heteroatoms. The molecule has 0 aromatic heterocycles. The van der Waals surface area contributed by atoms with E-state index in [1.54, 1.807) is 0 Å². The van der Waals surface area contributed by atoms with Crippen LogP contribution in [0.1, 0.15) is 22.3 Å². The van der Waals surface area contributed by atoms with Crippen LogP contribution in [-0.2, 0) is 0 Å². The van der Waals surface area contributed by atoms with Gasteiger partial charge in [0.05, 0.1) is 5.92 Å². The van der Waals surface area contributed by atoms with E-state index in [9.17, 15) is 0 Å². The summed E-state index contributed by atoms with van der Waals surface area (Å²) in [5.74, 6) is 15.6. The van der Waals surface area contributed by atoms with E-state index >= 15 is 0 Å². The molecule has 1 aliphatic rings. The molecule has 0 N–H and O–H groups in total. The molecule has 2 aromatic rings. The van der Waals surface area contributed by atoms with Gasteiger partial charge in [-0.05, 0) is 30.3 Å². The summed E-state index contributed by atoms with van der Waals surface area (Å²) < 4.78 is 0. The maximum absolute atomic E-state index is 5.54. The highest BCUT2D eigenvalue weighted by atomic mass is 14.0. The van der Waals surface area contributed by atoms with E-state index in [0.717, 1.165) is 22.3 Å². The highest BCUT2D eigenvalue weighted by Crippen LogP contribution is 2.11. The Kier molecular flexibility index (Phi) is 4.45. The normalized spacial score (nSPS) is 12.0. The van der Waals surface area contributed by atoms with Gasteiger partial charge in [-0.1, -0.05) is 72.1 Å². The Morgan fingerprint density at radius 2 is 1.30 bits per heavy atom. The zero-order chi connectivity index (χ0) is 15.9. The Labute approximate surface area is 137 Å². The van der Waals surface area contributed by atoms with E-state index in [-0.39, 0.29) is 5.92 Å². The molecule has 0 nitrogen and oxygen atoms in total.